The molecule has 3 rings (SSSR count). The summed E-state index contributed by atoms with van der Waals surface area (Å²) in [7, 11) is 1.65. The summed E-state index contributed by atoms with van der Waals surface area (Å²) in [6, 6.07) is 4.57. The van der Waals surface area contributed by atoms with Gasteiger partial charge in [0.1, 0.15) is 18.4 Å². The molecule has 0 bridgehead atoms. The minimum Gasteiger partial charge on any atom is -0.491 e. The van der Waals surface area contributed by atoms with Crippen molar-refractivity contribution in [3.05, 3.63) is 28.7 Å². The molecule has 1 fully saturated rings. The van der Waals surface area contributed by atoms with Crippen molar-refractivity contribution >= 4 is 22.8 Å². The molecule has 2 amide bonds. The van der Waals surface area contributed by atoms with Gasteiger partial charge in [-0.05, 0) is 25.0 Å². The largest absolute Gasteiger partial charge is 0.491 e. The van der Waals surface area contributed by atoms with Crippen LogP contribution < -0.4 is 15.7 Å². The Morgan fingerprint density at radius 1 is 0.938 bits per heavy atom. The molecule has 10 nitrogen and oxygen atoms in total. The number of aromatic nitrogens is 2. The maximum absolute atomic E-state index is 12.8. The molecule has 1 aromatic carbocycles. The Labute approximate surface area is 186 Å². The number of aryl methyl sites for hydroxylation is 1. The smallest absolute Gasteiger partial charge is 0.329 e. The van der Waals surface area contributed by atoms with Crippen LogP contribution >= 0.6 is 0 Å². The number of imide groups is 1. The molecule has 10 heteroatoms. The zero-order chi connectivity index (χ0) is 22.9. The minimum absolute atomic E-state index is 0.206. The predicted molar refractivity (Wildman–Crippen MR) is 117 cm³/mol. The summed E-state index contributed by atoms with van der Waals surface area (Å²) in [5.41, 5.74) is 0.961. The number of hydrogen-bond donors (Lipinski definition) is 1. The van der Waals surface area contributed by atoms with Crippen molar-refractivity contribution in [3.8, 4) is 5.75 Å². The van der Waals surface area contributed by atoms with Crippen molar-refractivity contribution in [2.75, 3.05) is 46.2 Å². The quantitative estimate of drug-likeness (QED) is 0.361. The van der Waals surface area contributed by atoms with Crippen molar-refractivity contribution in [3.63, 3.8) is 0 Å². The van der Waals surface area contributed by atoms with Gasteiger partial charge in [0.2, 0.25) is 11.8 Å². The lowest BCUT2D eigenvalue weighted by Crippen LogP contribution is -2.44. The van der Waals surface area contributed by atoms with Crippen molar-refractivity contribution in [1.82, 2.24) is 14.5 Å². The normalized spacial score (nSPS) is 16.5. The first-order chi connectivity index (χ1) is 15.5. The fourth-order valence-corrected chi connectivity index (χ4v) is 3.57. The Morgan fingerprint density at radius 3 is 2.25 bits per heavy atom. The Kier molecular flexibility index (Phi) is 8.83. The summed E-state index contributed by atoms with van der Waals surface area (Å²) in [6.07, 6.45) is 1.50. The minimum atomic E-state index is -0.704. The van der Waals surface area contributed by atoms with Crippen LogP contribution in [0.3, 0.4) is 0 Å². The lowest BCUT2D eigenvalue weighted by molar-refractivity contribution is -0.135. The van der Waals surface area contributed by atoms with E-state index < -0.39 is 11.9 Å². The second kappa shape index (κ2) is 11.8. The molecular formula is C22H31N3O7. The molecule has 1 saturated heterocycles. The van der Waals surface area contributed by atoms with Crippen LogP contribution in [0, 0.1) is 0 Å². The monoisotopic (exact) mass is 449 g/mol. The fraction of sp³-hybridized carbons (Fsp3) is 0.591. The number of carbonyl (C=O) groups excluding carboxylic acids is 2. The molecule has 1 atom stereocenters. The summed E-state index contributed by atoms with van der Waals surface area (Å²) in [4.78, 5) is 36.4. The van der Waals surface area contributed by atoms with E-state index in [0.717, 1.165) is 13.0 Å². The average molecular weight is 450 g/mol. The van der Waals surface area contributed by atoms with Gasteiger partial charge in [-0.25, -0.2) is 4.79 Å². The predicted octanol–water partition coefficient (Wildman–Crippen LogP) is 1.16. The van der Waals surface area contributed by atoms with E-state index in [1.54, 1.807) is 25.2 Å². The molecule has 1 aromatic heterocycles. The van der Waals surface area contributed by atoms with Gasteiger partial charge in [0, 0.05) is 26.1 Å². The van der Waals surface area contributed by atoms with E-state index in [2.05, 4.69) is 12.2 Å². The van der Waals surface area contributed by atoms with Crippen LogP contribution in [0.1, 0.15) is 32.2 Å². The molecule has 0 aliphatic carbocycles. The second-order valence-electron chi connectivity index (χ2n) is 7.51. The molecule has 0 radical (unpaired) electrons. The Morgan fingerprint density at radius 2 is 1.59 bits per heavy atom. The number of ether oxygens (including phenoxy) is 4. The molecule has 1 N–H and O–H groups in total. The maximum atomic E-state index is 12.8. The van der Waals surface area contributed by atoms with Gasteiger partial charge in [-0.1, -0.05) is 6.92 Å². The van der Waals surface area contributed by atoms with Gasteiger partial charge in [0.25, 0.3) is 0 Å². The number of piperidine rings is 1. The first kappa shape index (κ1) is 24.0. The molecule has 1 aliphatic rings. The SMILES string of the molecule is CCCOCCOCCOCCOc1ccc2c(c1)n(C)c(=O)n2C1CCC(=O)NC1=O. The number of hydrogen-bond acceptors (Lipinski definition) is 7. The van der Waals surface area contributed by atoms with Crippen molar-refractivity contribution in [2.24, 2.45) is 7.05 Å². The third-order valence-electron chi connectivity index (χ3n) is 5.17. The van der Waals surface area contributed by atoms with Crippen molar-refractivity contribution in [1.29, 1.82) is 0 Å². The number of carbonyl (C=O) groups is 2. The van der Waals surface area contributed by atoms with Crippen LogP contribution in [0.2, 0.25) is 0 Å². The van der Waals surface area contributed by atoms with E-state index in [9.17, 15) is 14.4 Å². The Hall–Kier alpha value is -2.69. The highest BCUT2D eigenvalue weighted by molar-refractivity contribution is 6.00. The summed E-state index contributed by atoms with van der Waals surface area (Å²) in [5.74, 6) is -0.169. The molecule has 32 heavy (non-hydrogen) atoms. The van der Waals surface area contributed by atoms with E-state index in [1.807, 2.05) is 0 Å². The van der Waals surface area contributed by atoms with Crippen LogP contribution in [-0.4, -0.2) is 67.2 Å². The third-order valence-corrected chi connectivity index (χ3v) is 5.17. The number of benzene rings is 1. The highest BCUT2D eigenvalue weighted by Crippen LogP contribution is 2.25. The van der Waals surface area contributed by atoms with Gasteiger partial charge >= 0.3 is 5.69 Å². The van der Waals surface area contributed by atoms with Crippen LogP contribution in [-0.2, 0) is 30.8 Å². The molecule has 2 aromatic rings. The standard InChI is InChI=1S/C22H31N3O7/c1-3-8-29-9-10-30-11-12-31-13-14-32-16-4-5-17-19(15-16)24(2)22(28)25(17)18-6-7-20(26)23-21(18)27/h4-5,15,18H,3,6-14H2,1-2H3,(H,23,26,27). The number of amides is 2. The van der Waals surface area contributed by atoms with Gasteiger partial charge in [0.05, 0.1) is 44.1 Å². The van der Waals surface area contributed by atoms with Gasteiger partial charge in [0.15, 0.2) is 0 Å². The molecule has 0 spiro atoms. The fourth-order valence-electron chi connectivity index (χ4n) is 3.57. The summed E-state index contributed by atoms with van der Waals surface area (Å²) in [5, 5.41) is 2.30. The van der Waals surface area contributed by atoms with Gasteiger partial charge in [-0.15, -0.1) is 0 Å². The molecule has 1 aliphatic heterocycles. The topological polar surface area (TPSA) is 110 Å². The van der Waals surface area contributed by atoms with Crippen molar-refractivity contribution in [2.45, 2.75) is 32.2 Å². The third kappa shape index (κ3) is 5.96. The Balaban J connectivity index is 1.49. The van der Waals surface area contributed by atoms with E-state index in [1.165, 1.54) is 9.13 Å². The van der Waals surface area contributed by atoms with Gasteiger partial charge < -0.3 is 18.9 Å². The number of rotatable bonds is 13. The van der Waals surface area contributed by atoms with E-state index >= 15 is 0 Å². The number of imidazole rings is 1. The van der Waals surface area contributed by atoms with E-state index in [-0.39, 0.29) is 18.0 Å². The average Bonchev–Trinajstić information content (AvgIpc) is 3.02. The molecule has 176 valence electrons. The molecular weight excluding hydrogens is 418 g/mol. The number of nitrogens with zero attached hydrogens (tertiary/aromatic N) is 2. The molecule has 1 unspecified atom stereocenters. The van der Waals surface area contributed by atoms with Gasteiger partial charge in [-0.2, -0.15) is 0 Å². The Bertz CT molecular complexity index is 982. The first-order valence-corrected chi connectivity index (χ1v) is 10.9. The van der Waals surface area contributed by atoms with Crippen molar-refractivity contribution < 1.29 is 28.5 Å². The molecule has 2 heterocycles. The van der Waals surface area contributed by atoms with E-state index in [0.29, 0.717) is 62.8 Å². The number of nitrogens with one attached hydrogen (secondary N) is 1. The highest BCUT2D eigenvalue weighted by Gasteiger charge is 2.31. The summed E-state index contributed by atoms with van der Waals surface area (Å²) >= 11 is 0. The van der Waals surface area contributed by atoms with E-state index in [4.69, 9.17) is 18.9 Å². The second-order valence-corrected chi connectivity index (χ2v) is 7.51. The lowest BCUT2D eigenvalue weighted by atomic mass is 10.1. The zero-order valence-corrected chi connectivity index (χ0v) is 18.6. The van der Waals surface area contributed by atoms with Gasteiger partial charge in [-0.3, -0.25) is 24.0 Å². The first-order valence-electron chi connectivity index (χ1n) is 10.9. The highest BCUT2D eigenvalue weighted by atomic mass is 16.6. The molecule has 0 saturated carbocycles. The van der Waals surface area contributed by atoms with Crippen LogP contribution in [0.5, 0.6) is 5.75 Å². The number of fused-ring (bicyclic) bond motifs is 1. The maximum Gasteiger partial charge on any atom is 0.329 e. The van der Waals surface area contributed by atoms with Crippen LogP contribution in [0.25, 0.3) is 11.0 Å². The van der Waals surface area contributed by atoms with Crippen LogP contribution in [0.15, 0.2) is 23.0 Å². The zero-order valence-electron chi connectivity index (χ0n) is 18.6. The lowest BCUT2D eigenvalue weighted by Gasteiger charge is -2.21. The summed E-state index contributed by atoms with van der Waals surface area (Å²) in [6.45, 7) is 5.68. The summed E-state index contributed by atoms with van der Waals surface area (Å²) < 4.78 is 24.9. The van der Waals surface area contributed by atoms with Crippen LogP contribution in [0.4, 0.5) is 0 Å².